The molecular formula is C20H27N3O5S. The minimum absolute atomic E-state index is 0.0351. The van der Waals surface area contributed by atoms with E-state index in [1.165, 1.54) is 16.4 Å². The van der Waals surface area contributed by atoms with E-state index >= 15 is 0 Å². The van der Waals surface area contributed by atoms with Gasteiger partial charge in [-0.2, -0.15) is 4.31 Å². The monoisotopic (exact) mass is 421 g/mol. The summed E-state index contributed by atoms with van der Waals surface area (Å²) in [5.74, 6) is 0.330. The normalized spacial score (nSPS) is 29.4. The molecule has 4 rings (SSSR count). The molecule has 8 nitrogen and oxygen atoms in total. The van der Waals surface area contributed by atoms with Crippen LogP contribution in [0.2, 0.25) is 0 Å². The van der Waals surface area contributed by atoms with Gasteiger partial charge < -0.3 is 4.90 Å². The molecule has 29 heavy (non-hydrogen) atoms. The van der Waals surface area contributed by atoms with Gasteiger partial charge in [0.1, 0.15) is 5.78 Å². The summed E-state index contributed by atoms with van der Waals surface area (Å²) in [6.45, 7) is 5.85. The lowest BCUT2D eigenvalue weighted by molar-refractivity contribution is -0.384. The highest BCUT2D eigenvalue weighted by atomic mass is 32.2. The molecular weight excluding hydrogens is 394 g/mol. The van der Waals surface area contributed by atoms with Crippen LogP contribution in [-0.4, -0.2) is 55.4 Å². The molecule has 2 unspecified atom stereocenters. The number of hydrogen-bond donors (Lipinski definition) is 0. The van der Waals surface area contributed by atoms with Crippen LogP contribution in [0.5, 0.6) is 0 Å². The average Bonchev–Trinajstić information content (AvgIpc) is 3.02. The average molecular weight is 422 g/mol. The lowest BCUT2D eigenvalue weighted by Crippen LogP contribution is -2.52. The number of nitro benzene ring substituents is 1. The van der Waals surface area contributed by atoms with Crippen molar-refractivity contribution in [2.75, 3.05) is 36.8 Å². The summed E-state index contributed by atoms with van der Waals surface area (Å²) in [7, 11) is -3.54. The molecule has 1 aromatic rings. The Labute approximate surface area is 171 Å². The minimum Gasteiger partial charge on any atom is -0.369 e. The highest BCUT2D eigenvalue weighted by Gasteiger charge is 2.65. The van der Waals surface area contributed by atoms with Crippen molar-refractivity contribution >= 4 is 27.2 Å². The molecule has 2 atom stereocenters. The van der Waals surface area contributed by atoms with E-state index in [-0.39, 0.29) is 22.6 Å². The summed E-state index contributed by atoms with van der Waals surface area (Å²) in [6.07, 6.45) is 2.12. The van der Waals surface area contributed by atoms with Crippen molar-refractivity contribution < 1.29 is 18.1 Å². The number of Topliss-reactive ketones (excluding diaryl/α,β-unsaturated/α-hetero) is 1. The fourth-order valence-electron chi connectivity index (χ4n) is 5.52. The van der Waals surface area contributed by atoms with Gasteiger partial charge in [0.05, 0.1) is 10.7 Å². The van der Waals surface area contributed by atoms with Gasteiger partial charge in [-0.05, 0) is 36.3 Å². The molecule has 0 spiro atoms. The number of carbonyl (C=O) groups is 1. The molecule has 1 heterocycles. The Bertz CT molecular complexity index is 935. The Kier molecular flexibility index (Phi) is 4.73. The van der Waals surface area contributed by atoms with Crippen molar-refractivity contribution in [1.82, 2.24) is 4.31 Å². The molecule has 9 heteroatoms. The zero-order valence-corrected chi connectivity index (χ0v) is 17.7. The van der Waals surface area contributed by atoms with Gasteiger partial charge in [-0.25, -0.2) is 8.42 Å². The van der Waals surface area contributed by atoms with Crippen LogP contribution in [0.1, 0.15) is 33.1 Å². The van der Waals surface area contributed by atoms with Crippen molar-refractivity contribution in [2.45, 2.75) is 33.1 Å². The predicted octanol–water partition coefficient (Wildman–Crippen LogP) is 2.44. The van der Waals surface area contributed by atoms with E-state index < -0.39 is 20.4 Å². The minimum atomic E-state index is -3.54. The van der Waals surface area contributed by atoms with Gasteiger partial charge in [-0.15, -0.1) is 0 Å². The van der Waals surface area contributed by atoms with E-state index in [9.17, 15) is 23.3 Å². The van der Waals surface area contributed by atoms with Crippen molar-refractivity contribution in [1.29, 1.82) is 0 Å². The molecule has 1 saturated heterocycles. The number of non-ortho nitro benzene ring substituents is 1. The number of nitrogens with zero attached hydrogens (tertiary/aromatic N) is 3. The summed E-state index contributed by atoms with van der Waals surface area (Å²) >= 11 is 0. The second kappa shape index (κ2) is 6.77. The third-order valence-electron chi connectivity index (χ3n) is 7.63. The quantitative estimate of drug-likeness (QED) is 0.535. The first kappa shape index (κ1) is 20.3. The van der Waals surface area contributed by atoms with Crippen LogP contribution in [0, 0.1) is 26.9 Å². The van der Waals surface area contributed by atoms with Crippen LogP contribution in [0.25, 0.3) is 0 Å². The van der Waals surface area contributed by atoms with E-state index in [1.807, 2.05) is 4.90 Å². The number of hydrogen-bond acceptors (Lipinski definition) is 6. The van der Waals surface area contributed by atoms with Gasteiger partial charge in [0, 0.05) is 55.8 Å². The molecule has 1 aromatic carbocycles. The molecule has 2 aliphatic carbocycles. The van der Waals surface area contributed by atoms with Crippen molar-refractivity contribution in [3.63, 3.8) is 0 Å². The van der Waals surface area contributed by atoms with Gasteiger partial charge in [0.15, 0.2) is 0 Å². The molecule has 1 aliphatic heterocycles. The van der Waals surface area contributed by atoms with Crippen LogP contribution < -0.4 is 4.90 Å². The Morgan fingerprint density at radius 3 is 2.24 bits per heavy atom. The first-order valence-electron chi connectivity index (χ1n) is 10.1. The summed E-state index contributed by atoms with van der Waals surface area (Å²) in [5, 5.41) is 10.8. The van der Waals surface area contributed by atoms with Crippen LogP contribution >= 0.6 is 0 Å². The van der Waals surface area contributed by atoms with Crippen molar-refractivity contribution in [2.24, 2.45) is 16.7 Å². The first-order valence-corrected chi connectivity index (χ1v) is 11.7. The number of anilines is 1. The Morgan fingerprint density at radius 2 is 1.76 bits per heavy atom. The number of nitro groups is 1. The molecule has 3 aliphatic rings. The second-order valence-electron chi connectivity index (χ2n) is 9.08. The zero-order valence-electron chi connectivity index (χ0n) is 16.8. The molecule has 0 N–H and O–H groups in total. The van der Waals surface area contributed by atoms with Crippen LogP contribution in [0.15, 0.2) is 24.3 Å². The van der Waals surface area contributed by atoms with Gasteiger partial charge in [-0.3, -0.25) is 14.9 Å². The van der Waals surface area contributed by atoms with Gasteiger partial charge in [-0.1, -0.05) is 13.8 Å². The van der Waals surface area contributed by atoms with E-state index in [0.717, 1.165) is 12.1 Å². The van der Waals surface area contributed by atoms with Crippen LogP contribution in [0.3, 0.4) is 0 Å². The van der Waals surface area contributed by atoms with E-state index in [2.05, 4.69) is 13.8 Å². The third-order valence-corrected chi connectivity index (χ3v) is 9.64. The number of benzene rings is 1. The Morgan fingerprint density at radius 1 is 1.14 bits per heavy atom. The fraction of sp³-hybridized carbons (Fsp3) is 0.650. The van der Waals surface area contributed by atoms with E-state index in [1.54, 1.807) is 12.1 Å². The molecule has 3 fully saturated rings. The van der Waals surface area contributed by atoms with Crippen molar-refractivity contribution in [3.8, 4) is 0 Å². The van der Waals surface area contributed by atoms with E-state index in [4.69, 9.17) is 0 Å². The highest BCUT2D eigenvalue weighted by Crippen LogP contribution is 2.64. The lowest BCUT2D eigenvalue weighted by Gasteiger charge is -2.40. The van der Waals surface area contributed by atoms with Gasteiger partial charge in [0.2, 0.25) is 10.0 Å². The van der Waals surface area contributed by atoms with Crippen LogP contribution in [-0.2, 0) is 14.8 Å². The highest BCUT2D eigenvalue weighted by molar-refractivity contribution is 7.89. The van der Waals surface area contributed by atoms with Crippen molar-refractivity contribution in [3.05, 3.63) is 34.4 Å². The number of ketones is 1. The maximum absolute atomic E-state index is 13.2. The third kappa shape index (κ3) is 3.15. The number of fused-ring (bicyclic) bond motifs is 2. The number of piperazine rings is 1. The smallest absolute Gasteiger partial charge is 0.269 e. The fourth-order valence-corrected chi connectivity index (χ4v) is 7.72. The molecule has 158 valence electrons. The van der Waals surface area contributed by atoms with E-state index in [0.29, 0.717) is 44.9 Å². The topological polar surface area (TPSA) is 101 Å². The molecule has 0 radical (unpaired) electrons. The largest absolute Gasteiger partial charge is 0.369 e. The summed E-state index contributed by atoms with van der Waals surface area (Å²) in [5.41, 5.74) is -0.131. The lowest BCUT2D eigenvalue weighted by atomic mass is 9.70. The van der Waals surface area contributed by atoms with Gasteiger partial charge in [0.25, 0.3) is 5.69 Å². The number of carbonyl (C=O) groups excluding carboxylic acids is 1. The molecule has 0 amide bonds. The zero-order chi connectivity index (χ0) is 21.0. The van der Waals surface area contributed by atoms with Crippen LogP contribution in [0.4, 0.5) is 11.4 Å². The second-order valence-corrected chi connectivity index (χ2v) is 11.1. The maximum atomic E-state index is 13.2. The Hall–Kier alpha value is -2.00. The standard InChI is InChI=1S/C20H27N3O5S/c1-19(2)15-7-8-20(19,18(24)13-15)14-29(27,28)22-11-9-21(10-12-22)16-3-5-17(6-4-16)23(25)26/h3-6,15H,7-14H2,1-2H3. The maximum Gasteiger partial charge on any atom is 0.269 e. The SMILES string of the molecule is CC1(C)C2CCC1(CS(=O)(=O)N1CCN(c3ccc([N+](=O)[O-])cc3)CC1)C(=O)C2. The predicted molar refractivity (Wildman–Crippen MR) is 109 cm³/mol. The number of sulfonamides is 1. The summed E-state index contributed by atoms with van der Waals surface area (Å²) < 4.78 is 27.9. The molecule has 2 bridgehead atoms. The summed E-state index contributed by atoms with van der Waals surface area (Å²) in [4.78, 5) is 25.1. The summed E-state index contributed by atoms with van der Waals surface area (Å²) in [6, 6.07) is 6.31. The molecule has 2 saturated carbocycles. The number of rotatable bonds is 5. The first-order chi connectivity index (χ1) is 13.6. The molecule has 0 aromatic heterocycles. The van der Waals surface area contributed by atoms with Gasteiger partial charge >= 0.3 is 0 Å². The Balaban J connectivity index is 1.44.